The van der Waals surface area contributed by atoms with Crippen LogP contribution in [0.2, 0.25) is 18.5 Å². The SMILES string of the molecule is CC(C)(C)OC(=O)N1CC=C(c2nsnc2Oc2ccc(-n3cnnn3)cc2)CC1.CCC[CH2][Sn]([CH2]CCC)([CH2]CCC)[C]1=CCN(C(=O)OC(C)(C)C)CC1.Clc1nsnc1Oc1ccc(-n2cnnn2)cc1. The standard InChI is InChI=1S/C19H21N7O3S.C10H16NO2.C9H5ClN6OS.3C4H9.Sn/c1-19(2,3)29-18(27)25-10-8-13(9-11-25)16-17(22-30-21-16)28-15-6-4-14(5-7-15)26-12-20-23-24-26;1-10(2,3)13-9(12)11-7-5-4-6-8-11;10-8-9(13-18-12-8)17-7-3-1-6(2-4-7)16-5-11-14-15-16;3*1-3-4-2;/h4-8,12H,9-11H2,1-3H3;5H,6-8H2,1-3H3;1-5H;3*1,3-4H2,2H3;. The third-order valence-electron chi connectivity index (χ3n) is 11.9. The molecule has 20 nitrogen and oxygen atoms in total. The number of tetrazole rings is 2. The van der Waals surface area contributed by atoms with Crippen molar-refractivity contribution in [3.05, 3.63) is 87.8 Å². The van der Waals surface area contributed by atoms with E-state index in [9.17, 15) is 9.59 Å². The second-order valence-corrected chi connectivity index (χ2v) is 34.7. The number of benzene rings is 2. The number of unbranched alkanes of at least 4 members (excludes halogenated alkanes) is 3. The fourth-order valence-corrected chi connectivity index (χ4v) is 26.4. The van der Waals surface area contributed by atoms with Crippen molar-refractivity contribution in [2.24, 2.45) is 0 Å². The fourth-order valence-electron chi connectivity index (χ4n) is 8.21. The maximum atomic E-state index is 12.4. The molecule has 0 saturated heterocycles. The van der Waals surface area contributed by atoms with Gasteiger partial charge in [0.15, 0.2) is 0 Å². The molecule has 2 aromatic carbocycles. The molecule has 0 unspecified atom stereocenters. The molecule has 0 spiro atoms. The number of rotatable bonds is 17. The predicted molar refractivity (Wildman–Crippen MR) is 289 cm³/mol. The van der Waals surface area contributed by atoms with Gasteiger partial charge in [-0.15, -0.1) is 18.9 Å². The van der Waals surface area contributed by atoms with E-state index in [1.807, 2.05) is 92.5 Å². The molecule has 4 aromatic heterocycles. The molecule has 2 amide bonds. The van der Waals surface area contributed by atoms with Crippen molar-refractivity contribution >= 4 is 71.2 Å². The molecule has 2 aliphatic rings. The molecule has 0 saturated carbocycles. The second kappa shape index (κ2) is 27.8. The van der Waals surface area contributed by atoms with Gasteiger partial charge in [-0.05, 0) is 102 Å². The molecule has 24 heteroatoms. The van der Waals surface area contributed by atoms with Crippen LogP contribution < -0.4 is 9.47 Å². The molecule has 0 bridgehead atoms. The molecular weight excluding hydrogens is 1110 g/mol. The van der Waals surface area contributed by atoms with Crippen molar-refractivity contribution in [2.45, 2.75) is 138 Å². The largest absolute Gasteiger partial charge is 0.436 e. The first-order chi connectivity index (χ1) is 35.5. The second-order valence-electron chi connectivity index (χ2n) is 19.9. The molecule has 0 atom stereocenters. The van der Waals surface area contributed by atoms with Crippen molar-refractivity contribution in [2.75, 3.05) is 26.2 Å². The van der Waals surface area contributed by atoms with Gasteiger partial charge in [-0.3, -0.25) is 0 Å². The summed E-state index contributed by atoms with van der Waals surface area (Å²) in [6.45, 7) is 21.0. The average Bonchev–Trinajstić information content (AvgIpc) is 4.25. The van der Waals surface area contributed by atoms with Gasteiger partial charge in [0, 0.05) is 13.1 Å². The van der Waals surface area contributed by atoms with Crippen LogP contribution in [0.25, 0.3) is 16.9 Å². The minimum Gasteiger partial charge on any atom is -0.436 e. The number of hydrogen-bond donors (Lipinski definition) is 0. The van der Waals surface area contributed by atoms with Crippen LogP contribution in [0.5, 0.6) is 23.3 Å². The molecule has 0 fully saturated rings. The van der Waals surface area contributed by atoms with Crippen molar-refractivity contribution in [3.8, 4) is 34.6 Å². The van der Waals surface area contributed by atoms with Crippen LogP contribution in [-0.2, 0) is 9.47 Å². The average molecular weight is 1180 g/mol. The number of aromatic nitrogens is 12. The van der Waals surface area contributed by atoms with E-state index < -0.39 is 29.6 Å². The zero-order valence-corrected chi connectivity index (χ0v) is 49.2. The van der Waals surface area contributed by atoms with Gasteiger partial charge in [-0.2, -0.15) is 8.75 Å². The van der Waals surface area contributed by atoms with Crippen LogP contribution in [0.3, 0.4) is 0 Å². The number of halogens is 1. The van der Waals surface area contributed by atoms with Gasteiger partial charge in [0.05, 0.1) is 34.8 Å². The molecular formula is C50H69ClN14O6S2Sn. The summed E-state index contributed by atoms with van der Waals surface area (Å²) in [7, 11) is 0. The van der Waals surface area contributed by atoms with E-state index in [0.29, 0.717) is 48.5 Å². The van der Waals surface area contributed by atoms with Crippen LogP contribution in [0.4, 0.5) is 9.59 Å². The van der Waals surface area contributed by atoms with Crippen molar-refractivity contribution in [1.29, 1.82) is 0 Å². The Morgan fingerprint density at radius 2 is 1.08 bits per heavy atom. The number of carbonyl (C=O) groups is 2. The van der Waals surface area contributed by atoms with Crippen LogP contribution in [0, 0.1) is 0 Å². The number of nitrogens with zero attached hydrogens (tertiary/aromatic N) is 14. The molecule has 6 heterocycles. The number of ether oxygens (including phenoxy) is 4. The Kier molecular flexibility index (Phi) is 21.7. The van der Waals surface area contributed by atoms with Crippen LogP contribution in [0.1, 0.15) is 119 Å². The summed E-state index contributed by atoms with van der Waals surface area (Å²) < 4.78 is 48.3. The number of carbonyl (C=O) groups excluding carboxylic acids is 2. The van der Waals surface area contributed by atoms with Gasteiger partial charge < -0.3 is 19.1 Å². The summed E-state index contributed by atoms with van der Waals surface area (Å²) in [4.78, 5) is 28.2. The third-order valence-corrected chi connectivity index (χ3v) is 29.7. The van der Waals surface area contributed by atoms with Crippen molar-refractivity contribution in [3.63, 3.8) is 0 Å². The first-order valence-corrected chi connectivity index (χ1v) is 34.5. The molecule has 8 rings (SSSR count). The van der Waals surface area contributed by atoms with Gasteiger partial charge >= 0.3 is 173 Å². The summed E-state index contributed by atoms with van der Waals surface area (Å²) in [5, 5.41) is 22.3. The summed E-state index contributed by atoms with van der Waals surface area (Å²) >= 11 is 5.59. The Morgan fingerprint density at radius 3 is 1.47 bits per heavy atom. The quantitative estimate of drug-likeness (QED) is 0.0776. The normalized spacial score (nSPS) is 13.9. The van der Waals surface area contributed by atoms with Crippen molar-refractivity contribution in [1.82, 2.24) is 67.7 Å². The van der Waals surface area contributed by atoms with Crippen LogP contribution in [0.15, 0.2) is 76.9 Å². The van der Waals surface area contributed by atoms with E-state index in [4.69, 9.17) is 30.5 Å². The van der Waals surface area contributed by atoms with E-state index in [1.54, 1.807) is 26.4 Å². The monoisotopic (exact) mass is 1180 g/mol. The van der Waals surface area contributed by atoms with Crippen molar-refractivity contribution < 1.29 is 28.5 Å². The van der Waals surface area contributed by atoms with Gasteiger partial charge in [0.25, 0.3) is 11.8 Å². The summed E-state index contributed by atoms with van der Waals surface area (Å²) in [6.07, 6.45) is 16.9. The smallest absolute Gasteiger partial charge is 0.270 e. The summed E-state index contributed by atoms with van der Waals surface area (Å²) in [5.41, 5.74) is 2.43. The number of hydrogen-bond acceptors (Lipinski definition) is 18. The maximum absolute atomic E-state index is 12.4. The van der Waals surface area contributed by atoms with E-state index in [-0.39, 0.29) is 17.3 Å². The van der Waals surface area contributed by atoms with E-state index in [2.05, 4.69) is 75.4 Å². The molecule has 2 aliphatic heterocycles. The Balaban J connectivity index is 0.000000186. The fraction of sp³-hybridized carbons (Fsp3) is 0.520. The first-order valence-electron chi connectivity index (χ1n) is 25.2. The Morgan fingerprint density at radius 1 is 0.622 bits per heavy atom. The molecule has 398 valence electrons. The van der Waals surface area contributed by atoms with Gasteiger partial charge in [-0.25, -0.2) is 14.2 Å². The summed E-state index contributed by atoms with van der Waals surface area (Å²) in [5.74, 6) is 2.00. The first kappa shape index (κ1) is 57.7. The van der Waals surface area contributed by atoms with E-state index in [0.717, 1.165) is 59.9 Å². The molecule has 6 aromatic rings. The van der Waals surface area contributed by atoms with Gasteiger partial charge in [-0.1, -0.05) is 17.7 Å². The minimum absolute atomic E-state index is 0.149. The predicted octanol–water partition coefficient (Wildman–Crippen LogP) is 12.2. The zero-order chi connectivity index (χ0) is 53.1. The Labute approximate surface area is 451 Å². The van der Waals surface area contributed by atoms with Gasteiger partial charge in [0.1, 0.15) is 35.4 Å². The van der Waals surface area contributed by atoms with E-state index >= 15 is 0 Å². The van der Waals surface area contributed by atoms with Crippen LogP contribution >= 0.6 is 35.1 Å². The maximum Gasteiger partial charge on any atom is 0.270 e. The van der Waals surface area contributed by atoms with Gasteiger partial charge in [0.2, 0.25) is 5.15 Å². The molecule has 74 heavy (non-hydrogen) atoms. The van der Waals surface area contributed by atoms with E-state index in [1.165, 1.54) is 64.5 Å². The third kappa shape index (κ3) is 17.5. The minimum atomic E-state index is -2.28. The zero-order valence-electron chi connectivity index (χ0n) is 43.9. The molecule has 0 radical (unpaired) electrons. The Hall–Kier alpha value is -5.59. The Bertz CT molecular complexity index is 2680. The van der Waals surface area contributed by atoms with Crippen LogP contribution in [-0.4, -0.2) is 136 Å². The molecule has 0 N–H and O–H groups in total. The number of amides is 2. The summed E-state index contributed by atoms with van der Waals surface area (Å²) in [6, 6.07) is 14.5. The molecule has 0 aliphatic carbocycles. The topological polar surface area (TPSA) is 216 Å².